The molecule has 1 aromatic heterocycles. The van der Waals surface area contributed by atoms with E-state index in [9.17, 15) is 15.2 Å². The van der Waals surface area contributed by atoms with Crippen LogP contribution < -0.4 is 11.1 Å². The average molecular weight is 255 g/mol. The molecule has 0 aliphatic carbocycles. The summed E-state index contributed by atoms with van der Waals surface area (Å²) in [4.78, 5) is 17.9. The van der Waals surface area contributed by atoms with Crippen molar-refractivity contribution in [2.75, 3.05) is 17.6 Å². The maximum absolute atomic E-state index is 10.9. The van der Waals surface area contributed by atoms with Gasteiger partial charge in [0.1, 0.15) is 5.69 Å². The van der Waals surface area contributed by atoms with Gasteiger partial charge in [-0.3, -0.25) is 10.1 Å². The molecular formula is C10H17N5O3. The highest BCUT2D eigenvalue weighted by Crippen LogP contribution is 2.25. The van der Waals surface area contributed by atoms with Crippen LogP contribution in [0.4, 0.5) is 17.5 Å². The molecule has 0 radical (unpaired) electrons. The zero-order chi connectivity index (χ0) is 13.7. The fraction of sp³-hybridized carbons (Fsp3) is 0.600. The first-order valence-electron chi connectivity index (χ1n) is 5.66. The summed E-state index contributed by atoms with van der Waals surface area (Å²) in [5.41, 5.74) is 5.48. The van der Waals surface area contributed by atoms with Gasteiger partial charge < -0.3 is 16.2 Å². The Morgan fingerprint density at radius 1 is 1.56 bits per heavy atom. The number of rotatable bonds is 6. The second-order valence-corrected chi connectivity index (χ2v) is 3.90. The molecule has 0 aliphatic rings. The molecule has 0 aromatic carbocycles. The number of hydrogen-bond donors (Lipinski definition) is 3. The van der Waals surface area contributed by atoms with E-state index in [1.165, 1.54) is 6.92 Å². The van der Waals surface area contributed by atoms with Crippen molar-refractivity contribution in [3.8, 4) is 0 Å². The monoisotopic (exact) mass is 255 g/mol. The molecule has 4 N–H and O–H groups in total. The van der Waals surface area contributed by atoms with Crippen molar-refractivity contribution in [3.63, 3.8) is 0 Å². The van der Waals surface area contributed by atoms with Crippen molar-refractivity contribution in [1.29, 1.82) is 0 Å². The predicted octanol–water partition coefficient (Wildman–Crippen LogP) is 0.848. The number of nitrogens with one attached hydrogen (secondary N) is 1. The molecule has 1 heterocycles. The normalized spacial score (nSPS) is 12.2. The minimum Gasteiger partial charge on any atom is -0.393 e. The number of aryl methyl sites for hydroxylation is 1. The molecule has 0 amide bonds. The van der Waals surface area contributed by atoms with E-state index in [1.54, 1.807) is 0 Å². The fourth-order valence-corrected chi connectivity index (χ4v) is 1.49. The van der Waals surface area contributed by atoms with Gasteiger partial charge in [-0.15, -0.1) is 0 Å². The molecule has 1 unspecified atom stereocenters. The number of aromatic nitrogens is 2. The third kappa shape index (κ3) is 3.52. The lowest BCUT2D eigenvalue weighted by Crippen LogP contribution is -2.15. The second-order valence-electron chi connectivity index (χ2n) is 3.90. The molecule has 1 atom stereocenters. The topological polar surface area (TPSA) is 127 Å². The number of nitro groups is 1. The number of hydrogen-bond acceptors (Lipinski definition) is 7. The minimum absolute atomic E-state index is 0.0170. The number of nitrogens with zero attached hydrogens (tertiary/aromatic N) is 3. The fourth-order valence-electron chi connectivity index (χ4n) is 1.49. The standard InChI is InChI=1S/C10H17N5O3/c1-3-7(16)4-5-12-9-8(15(17)18)6(2)13-10(11)14-9/h7,16H,3-5H2,1-2H3,(H3,11,12,13,14). The summed E-state index contributed by atoms with van der Waals surface area (Å²) in [5, 5.41) is 23.1. The van der Waals surface area contributed by atoms with Crippen molar-refractivity contribution in [1.82, 2.24) is 9.97 Å². The lowest BCUT2D eigenvalue weighted by atomic mass is 10.2. The van der Waals surface area contributed by atoms with Gasteiger partial charge in [-0.2, -0.15) is 4.98 Å². The van der Waals surface area contributed by atoms with Gasteiger partial charge in [0.2, 0.25) is 11.8 Å². The van der Waals surface area contributed by atoms with E-state index in [0.717, 1.165) is 0 Å². The molecule has 8 heteroatoms. The van der Waals surface area contributed by atoms with E-state index in [4.69, 9.17) is 5.73 Å². The zero-order valence-corrected chi connectivity index (χ0v) is 10.4. The summed E-state index contributed by atoms with van der Waals surface area (Å²) in [5.74, 6) is 0.0740. The molecule has 1 aromatic rings. The second kappa shape index (κ2) is 6.10. The SMILES string of the molecule is CCC(O)CCNc1nc(N)nc(C)c1[N+](=O)[O-]. The third-order valence-electron chi connectivity index (χ3n) is 2.50. The van der Waals surface area contributed by atoms with E-state index in [-0.39, 0.29) is 23.1 Å². The Bertz CT molecular complexity index is 438. The maximum atomic E-state index is 10.9. The molecule has 8 nitrogen and oxygen atoms in total. The molecule has 0 bridgehead atoms. The molecular weight excluding hydrogens is 238 g/mol. The lowest BCUT2D eigenvalue weighted by molar-refractivity contribution is -0.385. The van der Waals surface area contributed by atoms with E-state index in [2.05, 4.69) is 15.3 Å². The van der Waals surface area contributed by atoms with E-state index >= 15 is 0 Å². The first-order valence-corrected chi connectivity index (χ1v) is 5.66. The van der Waals surface area contributed by atoms with E-state index in [1.807, 2.05) is 6.92 Å². The molecule has 100 valence electrons. The Morgan fingerprint density at radius 2 is 2.22 bits per heavy atom. The van der Waals surface area contributed by atoms with Gasteiger partial charge in [0, 0.05) is 6.54 Å². The van der Waals surface area contributed by atoms with Crippen LogP contribution in [-0.2, 0) is 0 Å². The van der Waals surface area contributed by atoms with Gasteiger partial charge in [0.05, 0.1) is 11.0 Å². The summed E-state index contributed by atoms with van der Waals surface area (Å²) >= 11 is 0. The van der Waals surface area contributed by atoms with Gasteiger partial charge in [0.15, 0.2) is 0 Å². The van der Waals surface area contributed by atoms with Gasteiger partial charge in [-0.25, -0.2) is 4.98 Å². The van der Waals surface area contributed by atoms with Gasteiger partial charge in [0.25, 0.3) is 0 Å². The van der Waals surface area contributed by atoms with E-state index < -0.39 is 11.0 Å². The maximum Gasteiger partial charge on any atom is 0.332 e. The van der Waals surface area contributed by atoms with Crippen LogP contribution >= 0.6 is 0 Å². The predicted molar refractivity (Wildman–Crippen MR) is 67.2 cm³/mol. The zero-order valence-electron chi connectivity index (χ0n) is 10.4. The number of aliphatic hydroxyl groups excluding tert-OH is 1. The van der Waals surface area contributed by atoms with Crippen LogP contribution in [0.15, 0.2) is 0 Å². The van der Waals surface area contributed by atoms with Crippen LogP contribution in [0.2, 0.25) is 0 Å². The molecule has 0 spiro atoms. The molecule has 0 saturated carbocycles. The van der Waals surface area contributed by atoms with Gasteiger partial charge in [-0.1, -0.05) is 6.92 Å². The van der Waals surface area contributed by atoms with Crippen LogP contribution in [0, 0.1) is 17.0 Å². The van der Waals surface area contributed by atoms with Crippen molar-refractivity contribution >= 4 is 17.5 Å². The van der Waals surface area contributed by atoms with Crippen LogP contribution in [0.25, 0.3) is 0 Å². The van der Waals surface area contributed by atoms with Crippen LogP contribution in [-0.4, -0.2) is 32.6 Å². The Morgan fingerprint density at radius 3 is 2.78 bits per heavy atom. The van der Waals surface area contributed by atoms with Crippen LogP contribution in [0.1, 0.15) is 25.5 Å². The van der Waals surface area contributed by atoms with Crippen molar-refractivity contribution in [3.05, 3.63) is 15.8 Å². The molecule has 0 saturated heterocycles. The number of nitrogens with two attached hydrogens (primary N) is 1. The van der Waals surface area contributed by atoms with Crippen LogP contribution in [0.5, 0.6) is 0 Å². The molecule has 1 rings (SSSR count). The summed E-state index contributed by atoms with van der Waals surface area (Å²) in [6.45, 7) is 3.74. The largest absolute Gasteiger partial charge is 0.393 e. The highest BCUT2D eigenvalue weighted by atomic mass is 16.6. The highest BCUT2D eigenvalue weighted by Gasteiger charge is 2.21. The van der Waals surface area contributed by atoms with Crippen molar-refractivity contribution < 1.29 is 10.0 Å². The molecule has 0 fully saturated rings. The summed E-state index contributed by atoms with van der Waals surface area (Å²) in [6.07, 6.45) is 0.683. The Labute approximate surface area is 104 Å². The first-order chi connectivity index (χ1) is 8.45. The number of anilines is 2. The number of aliphatic hydroxyl groups is 1. The Hall–Kier alpha value is -1.96. The van der Waals surface area contributed by atoms with Gasteiger partial charge in [-0.05, 0) is 19.8 Å². The summed E-state index contributed by atoms with van der Waals surface area (Å²) < 4.78 is 0. The van der Waals surface area contributed by atoms with E-state index in [0.29, 0.717) is 19.4 Å². The summed E-state index contributed by atoms with van der Waals surface area (Å²) in [7, 11) is 0. The number of nitrogen functional groups attached to an aromatic ring is 1. The molecule has 0 aliphatic heterocycles. The Balaban J connectivity index is 2.83. The minimum atomic E-state index is -0.548. The molecule has 18 heavy (non-hydrogen) atoms. The highest BCUT2D eigenvalue weighted by molar-refractivity contribution is 5.60. The van der Waals surface area contributed by atoms with Gasteiger partial charge >= 0.3 is 5.69 Å². The summed E-state index contributed by atoms with van der Waals surface area (Å²) in [6, 6.07) is 0. The smallest absolute Gasteiger partial charge is 0.332 e. The first kappa shape index (κ1) is 14.1. The third-order valence-corrected chi connectivity index (χ3v) is 2.50. The average Bonchev–Trinajstić information content (AvgIpc) is 2.27. The van der Waals surface area contributed by atoms with Crippen molar-refractivity contribution in [2.45, 2.75) is 32.8 Å². The van der Waals surface area contributed by atoms with Crippen molar-refractivity contribution in [2.24, 2.45) is 0 Å². The lowest BCUT2D eigenvalue weighted by Gasteiger charge is -2.10. The van der Waals surface area contributed by atoms with Crippen LogP contribution in [0.3, 0.4) is 0 Å². The Kier molecular flexibility index (Phi) is 4.78. The quantitative estimate of drug-likeness (QED) is 0.507.